The van der Waals surface area contributed by atoms with Gasteiger partial charge >= 0.3 is 0 Å². The number of carbonyl (C=O) groups excluding carboxylic acids is 1. The largest absolute Gasteiger partial charge is 0.339 e. The molecule has 1 atom stereocenters. The van der Waals surface area contributed by atoms with Crippen molar-refractivity contribution in [1.82, 2.24) is 4.90 Å². The highest BCUT2D eigenvalue weighted by Gasteiger charge is 2.17. The summed E-state index contributed by atoms with van der Waals surface area (Å²) in [5.41, 5.74) is 1.99. The molecule has 0 bridgehead atoms. The van der Waals surface area contributed by atoms with Crippen molar-refractivity contribution in [3.05, 3.63) is 71.8 Å². The molecule has 2 aromatic rings. The lowest BCUT2D eigenvalue weighted by Gasteiger charge is -2.25. The maximum Gasteiger partial charge on any atom is 0.253 e. The normalized spacial score (nSPS) is 11.9. The van der Waals surface area contributed by atoms with Gasteiger partial charge in [0.15, 0.2) is 0 Å². The van der Waals surface area contributed by atoms with E-state index in [4.69, 9.17) is 0 Å². The second-order valence-corrected chi connectivity index (χ2v) is 4.82. The molecule has 1 amide bonds. The lowest BCUT2D eigenvalue weighted by atomic mass is 10.1. The molecule has 2 rings (SSSR count). The van der Waals surface area contributed by atoms with E-state index in [0.717, 1.165) is 12.0 Å². The molecule has 2 aromatic carbocycles. The van der Waals surface area contributed by atoms with E-state index < -0.39 is 0 Å². The summed E-state index contributed by atoms with van der Waals surface area (Å²) in [6.45, 7) is 2.08. The molecule has 0 saturated heterocycles. The van der Waals surface area contributed by atoms with E-state index >= 15 is 0 Å². The SMILES string of the molecule is C[C@@H](Cc1ccccc1)N(C)C(=O)c1ccccc1. The highest BCUT2D eigenvalue weighted by atomic mass is 16.2. The molecule has 0 fully saturated rings. The van der Waals surface area contributed by atoms with Gasteiger partial charge in [-0.3, -0.25) is 4.79 Å². The number of carbonyl (C=O) groups is 1. The Labute approximate surface area is 114 Å². The van der Waals surface area contributed by atoms with Crippen molar-refractivity contribution in [3.8, 4) is 0 Å². The topological polar surface area (TPSA) is 20.3 Å². The van der Waals surface area contributed by atoms with Crippen LogP contribution >= 0.6 is 0 Å². The van der Waals surface area contributed by atoms with Crippen LogP contribution in [0, 0.1) is 0 Å². The van der Waals surface area contributed by atoms with Crippen LogP contribution in [0.25, 0.3) is 0 Å². The third-order valence-electron chi connectivity index (χ3n) is 3.38. The van der Waals surface area contributed by atoms with Gasteiger partial charge in [-0.25, -0.2) is 0 Å². The standard InChI is InChI=1S/C17H19NO/c1-14(13-15-9-5-3-6-10-15)18(2)17(19)16-11-7-4-8-12-16/h3-12,14H,13H2,1-2H3/t14-/m0/s1. The van der Waals surface area contributed by atoms with Gasteiger partial charge in [0, 0.05) is 18.7 Å². The fraction of sp³-hybridized carbons (Fsp3) is 0.235. The molecule has 0 saturated carbocycles. The zero-order valence-electron chi connectivity index (χ0n) is 11.4. The van der Waals surface area contributed by atoms with Crippen LogP contribution in [0.15, 0.2) is 60.7 Å². The number of benzene rings is 2. The van der Waals surface area contributed by atoms with Gasteiger partial charge in [0.1, 0.15) is 0 Å². The maximum atomic E-state index is 12.3. The summed E-state index contributed by atoms with van der Waals surface area (Å²) in [4.78, 5) is 14.1. The molecule has 0 spiro atoms. The molecule has 0 aliphatic carbocycles. The quantitative estimate of drug-likeness (QED) is 0.818. The van der Waals surface area contributed by atoms with Crippen molar-refractivity contribution in [2.75, 3.05) is 7.05 Å². The Morgan fingerprint density at radius 3 is 2.11 bits per heavy atom. The van der Waals surface area contributed by atoms with Crippen molar-refractivity contribution >= 4 is 5.91 Å². The summed E-state index contributed by atoms with van der Waals surface area (Å²) in [7, 11) is 1.86. The Morgan fingerprint density at radius 1 is 1.00 bits per heavy atom. The Hall–Kier alpha value is -2.09. The lowest BCUT2D eigenvalue weighted by molar-refractivity contribution is 0.0743. The van der Waals surface area contributed by atoms with Crippen LogP contribution in [-0.2, 0) is 6.42 Å². The zero-order chi connectivity index (χ0) is 13.7. The molecular formula is C17H19NO. The van der Waals surface area contributed by atoms with Gasteiger partial charge in [-0.15, -0.1) is 0 Å². The van der Waals surface area contributed by atoms with E-state index in [-0.39, 0.29) is 11.9 Å². The predicted molar refractivity (Wildman–Crippen MR) is 78.1 cm³/mol. The van der Waals surface area contributed by atoms with E-state index in [1.807, 2.05) is 60.5 Å². The van der Waals surface area contributed by atoms with Gasteiger partial charge in [-0.05, 0) is 31.0 Å². The molecule has 0 aliphatic rings. The van der Waals surface area contributed by atoms with Crippen molar-refractivity contribution in [3.63, 3.8) is 0 Å². The highest BCUT2D eigenvalue weighted by Crippen LogP contribution is 2.11. The van der Waals surface area contributed by atoms with Gasteiger partial charge < -0.3 is 4.90 Å². The van der Waals surface area contributed by atoms with Crippen LogP contribution in [0.5, 0.6) is 0 Å². The third-order valence-corrected chi connectivity index (χ3v) is 3.38. The third kappa shape index (κ3) is 3.44. The summed E-state index contributed by atoms with van der Waals surface area (Å²) in [6.07, 6.45) is 0.871. The van der Waals surface area contributed by atoms with Crippen LogP contribution in [0.3, 0.4) is 0 Å². The molecule has 0 aliphatic heterocycles. The molecular weight excluding hydrogens is 234 g/mol. The van der Waals surface area contributed by atoms with Gasteiger partial charge in [0.25, 0.3) is 5.91 Å². The number of rotatable bonds is 4. The average molecular weight is 253 g/mol. The van der Waals surface area contributed by atoms with E-state index in [2.05, 4.69) is 19.1 Å². The lowest BCUT2D eigenvalue weighted by Crippen LogP contribution is -2.36. The number of amides is 1. The Balaban J connectivity index is 2.03. The smallest absolute Gasteiger partial charge is 0.253 e. The Morgan fingerprint density at radius 2 is 1.53 bits per heavy atom. The number of nitrogens with zero attached hydrogens (tertiary/aromatic N) is 1. The van der Waals surface area contributed by atoms with Crippen molar-refractivity contribution in [2.24, 2.45) is 0 Å². The summed E-state index contributed by atoms with van der Waals surface area (Å²) in [5.74, 6) is 0.0732. The van der Waals surface area contributed by atoms with Crippen LogP contribution in [-0.4, -0.2) is 23.9 Å². The van der Waals surface area contributed by atoms with Crippen molar-refractivity contribution in [1.29, 1.82) is 0 Å². The van der Waals surface area contributed by atoms with Crippen LogP contribution in [0.1, 0.15) is 22.8 Å². The first kappa shape index (κ1) is 13.3. The van der Waals surface area contributed by atoms with E-state index in [0.29, 0.717) is 0 Å². The first-order chi connectivity index (χ1) is 9.18. The first-order valence-electron chi connectivity index (χ1n) is 6.54. The van der Waals surface area contributed by atoms with Crippen LogP contribution in [0.2, 0.25) is 0 Å². The number of likely N-dealkylation sites (N-methyl/N-ethyl adjacent to an activating group) is 1. The molecule has 2 heteroatoms. The van der Waals surface area contributed by atoms with Gasteiger partial charge in [0.2, 0.25) is 0 Å². The van der Waals surface area contributed by atoms with E-state index in [9.17, 15) is 4.79 Å². The van der Waals surface area contributed by atoms with Gasteiger partial charge in [-0.1, -0.05) is 48.5 Å². The minimum absolute atomic E-state index is 0.0732. The van der Waals surface area contributed by atoms with Crippen molar-refractivity contribution < 1.29 is 4.79 Å². The van der Waals surface area contributed by atoms with Crippen molar-refractivity contribution in [2.45, 2.75) is 19.4 Å². The minimum Gasteiger partial charge on any atom is -0.339 e. The van der Waals surface area contributed by atoms with Gasteiger partial charge in [-0.2, -0.15) is 0 Å². The van der Waals surface area contributed by atoms with Crippen LogP contribution < -0.4 is 0 Å². The van der Waals surface area contributed by atoms with Gasteiger partial charge in [0.05, 0.1) is 0 Å². The molecule has 0 unspecified atom stereocenters. The van der Waals surface area contributed by atoms with E-state index in [1.165, 1.54) is 5.56 Å². The summed E-state index contributed by atoms with van der Waals surface area (Å²) in [6, 6.07) is 19.8. The average Bonchev–Trinajstić information content (AvgIpc) is 2.47. The first-order valence-corrected chi connectivity index (χ1v) is 6.54. The second kappa shape index (κ2) is 6.19. The zero-order valence-corrected chi connectivity index (χ0v) is 11.4. The predicted octanol–water partition coefficient (Wildman–Crippen LogP) is 3.39. The minimum atomic E-state index is 0.0732. The monoisotopic (exact) mass is 253 g/mol. The molecule has 0 radical (unpaired) electrons. The fourth-order valence-corrected chi connectivity index (χ4v) is 2.08. The Bertz CT molecular complexity index is 521. The molecule has 19 heavy (non-hydrogen) atoms. The van der Waals surface area contributed by atoms with E-state index in [1.54, 1.807) is 0 Å². The summed E-state index contributed by atoms with van der Waals surface area (Å²) in [5, 5.41) is 0. The fourth-order valence-electron chi connectivity index (χ4n) is 2.08. The second-order valence-electron chi connectivity index (χ2n) is 4.82. The summed E-state index contributed by atoms with van der Waals surface area (Å²) >= 11 is 0. The maximum absolute atomic E-state index is 12.3. The van der Waals surface area contributed by atoms with Crippen LogP contribution in [0.4, 0.5) is 0 Å². The summed E-state index contributed by atoms with van der Waals surface area (Å²) < 4.78 is 0. The molecule has 98 valence electrons. The number of hydrogen-bond acceptors (Lipinski definition) is 1. The molecule has 0 N–H and O–H groups in total. The molecule has 2 nitrogen and oxygen atoms in total. The Kier molecular flexibility index (Phi) is 4.35. The molecule has 0 heterocycles. The number of hydrogen-bond donors (Lipinski definition) is 0. The molecule has 0 aromatic heterocycles. The highest BCUT2D eigenvalue weighted by molar-refractivity contribution is 5.94.